The third-order valence-corrected chi connectivity index (χ3v) is 2.81. The first-order valence-electron chi connectivity index (χ1n) is 5.44. The minimum Gasteiger partial charge on any atom is -0.448 e. The first-order valence-corrected chi connectivity index (χ1v) is 5.44. The summed E-state index contributed by atoms with van der Waals surface area (Å²) in [6.45, 7) is 8.15. The van der Waals surface area contributed by atoms with Gasteiger partial charge in [0.1, 0.15) is 5.76 Å². The van der Waals surface area contributed by atoms with Crippen molar-refractivity contribution in [3.63, 3.8) is 0 Å². The van der Waals surface area contributed by atoms with Gasteiger partial charge in [0.25, 0.3) is 5.91 Å². The van der Waals surface area contributed by atoms with E-state index in [0.29, 0.717) is 24.5 Å². The van der Waals surface area contributed by atoms with Gasteiger partial charge >= 0.3 is 0 Å². The summed E-state index contributed by atoms with van der Waals surface area (Å²) >= 11 is 0. The zero-order chi connectivity index (χ0) is 11.8. The average Bonchev–Trinajstić information content (AvgIpc) is 2.62. The van der Waals surface area contributed by atoms with Crippen LogP contribution in [0.2, 0.25) is 0 Å². The molecule has 1 saturated heterocycles. The van der Waals surface area contributed by atoms with Crippen molar-refractivity contribution < 1.29 is 9.21 Å². The van der Waals surface area contributed by atoms with Gasteiger partial charge < -0.3 is 14.6 Å². The lowest BCUT2D eigenvalue weighted by Gasteiger charge is -2.38. The highest BCUT2D eigenvalue weighted by atomic mass is 16.3. The molecule has 0 aliphatic carbocycles. The maximum absolute atomic E-state index is 12.1. The van der Waals surface area contributed by atoms with Crippen LogP contribution in [0.5, 0.6) is 0 Å². The number of carbonyl (C=O) groups excluding carboxylic acids is 1. The summed E-state index contributed by atoms with van der Waals surface area (Å²) in [5, 5.41) is 3.37. The Hall–Kier alpha value is -1.36. The van der Waals surface area contributed by atoms with Crippen molar-refractivity contribution in [2.45, 2.75) is 26.3 Å². The third kappa shape index (κ3) is 2.09. The van der Waals surface area contributed by atoms with Gasteiger partial charge in [0.05, 0.1) is 0 Å². The maximum atomic E-state index is 12.1. The number of amides is 1. The summed E-state index contributed by atoms with van der Waals surface area (Å²) in [4.78, 5) is 17.9. The smallest absolute Gasteiger partial charge is 0.276 e. The number of nitrogens with one attached hydrogen (secondary N) is 1. The van der Waals surface area contributed by atoms with E-state index in [1.54, 1.807) is 6.92 Å². The molecule has 16 heavy (non-hydrogen) atoms. The predicted octanol–water partition coefficient (Wildman–Crippen LogP) is 0.807. The first-order chi connectivity index (χ1) is 7.49. The Morgan fingerprint density at radius 1 is 1.62 bits per heavy atom. The number of nitrogens with zero attached hydrogens (tertiary/aromatic N) is 2. The molecule has 5 heteroatoms. The predicted molar refractivity (Wildman–Crippen MR) is 59.2 cm³/mol. The molecule has 0 saturated carbocycles. The van der Waals surface area contributed by atoms with Gasteiger partial charge in [0, 0.05) is 25.2 Å². The van der Waals surface area contributed by atoms with E-state index in [0.717, 1.165) is 6.54 Å². The molecule has 1 aromatic heterocycles. The molecule has 0 radical (unpaired) electrons. The van der Waals surface area contributed by atoms with Gasteiger partial charge in [-0.15, -0.1) is 0 Å². The van der Waals surface area contributed by atoms with Gasteiger partial charge in [0.15, 0.2) is 12.1 Å². The van der Waals surface area contributed by atoms with Crippen LogP contribution in [-0.2, 0) is 0 Å². The topological polar surface area (TPSA) is 58.4 Å². The Balaban J connectivity index is 2.14. The van der Waals surface area contributed by atoms with Crippen LogP contribution in [-0.4, -0.2) is 41.0 Å². The fourth-order valence-corrected chi connectivity index (χ4v) is 1.98. The van der Waals surface area contributed by atoms with E-state index in [-0.39, 0.29) is 11.4 Å². The molecule has 1 N–H and O–H groups in total. The lowest BCUT2D eigenvalue weighted by atomic mass is 10.0. The van der Waals surface area contributed by atoms with Crippen molar-refractivity contribution in [1.29, 1.82) is 0 Å². The average molecular weight is 223 g/mol. The lowest BCUT2D eigenvalue weighted by Crippen LogP contribution is -2.58. The second-order valence-electron chi connectivity index (χ2n) is 4.79. The summed E-state index contributed by atoms with van der Waals surface area (Å²) in [6, 6.07) is 0. The summed E-state index contributed by atoms with van der Waals surface area (Å²) in [5.41, 5.74) is 0.392. The highest BCUT2D eigenvalue weighted by Crippen LogP contribution is 2.14. The van der Waals surface area contributed by atoms with Gasteiger partial charge in [0.2, 0.25) is 0 Å². The number of carbonyl (C=O) groups is 1. The largest absolute Gasteiger partial charge is 0.448 e. The first kappa shape index (κ1) is 11.1. The summed E-state index contributed by atoms with van der Waals surface area (Å²) in [7, 11) is 0. The molecule has 2 rings (SSSR count). The standard InChI is InChI=1S/C11H17N3O2/c1-8-9(12-7-16-8)10(15)14-5-4-13-11(2,3)6-14/h7,13H,4-6H2,1-3H3. The number of piperazine rings is 1. The van der Waals surface area contributed by atoms with Crippen molar-refractivity contribution in [1.82, 2.24) is 15.2 Å². The van der Waals surface area contributed by atoms with Crippen molar-refractivity contribution in [3.05, 3.63) is 17.8 Å². The molecule has 1 amide bonds. The Bertz CT molecular complexity index is 398. The molecular weight excluding hydrogens is 206 g/mol. The fourth-order valence-electron chi connectivity index (χ4n) is 1.98. The van der Waals surface area contributed by atoms with Crippen LogP contribution in [0.15, 0.2) is 10.8 Å². The normalized spacial score (nSPS) is 19.8. The molecule has 0 atom stereocenters. The van der Waals surface area contributed by atoms with E-state index >= 15 is 0 Å². The van der Waals surface area contributed by atoms with Gasteiger partial charge in [-0.2, -0.15) is 0 Å². The highest BCUT2D eigenvalue weighted by Gasteiger charge is 2.30. The van der Waals surface area contributed by atoms with Crippen molar-refractivity contribution in [2.24, 2.45) is 0 Å². The molecule has 2 heterocycles. The molecule has 1 aromatic rings. The SMILES string of the molecule is Cc1ocnc1C(=O)N1CCNC(C)(C)C1. The van der Waals surface area contributed by atoms with E-state index in [1.807, 2.05) is 4.90 Å². The summed E-state index contributed by atoms with van der Waals surface area (Å²) < 4.78 is 5.05. The van der Waals surface area contributed by atoms with Crippen LogP contribution in [0.1, 0.15) is 30.1 Å². The van der Waals surface area contributed by atoms with E-state index < -0.39 is 0 Å². The van der Waals surface area contributed by atoms with Gasteiger partial charge in [-0.05, 0) is 20.8 Å². The summed E-state index contributed by atoms with van der Waals surface area (Å²) in [5.74, 6) is 0.544. The van der Waals surface area contributed by atoms with E-state index in [1.165, 1.54) is 6.39 Å². The number of aromatic nitrogens is 1. The quantitative estimate of drug-likeness (QED) is 0.765. The molecule has 5 nitrogen and oxygen atoms in total. The van der Waals surface area contributed by atoms with Gasteiger partial charge in [-0.1, -0.05) is 0 Å². The van der Waals surface area contributed by atoms with Crippen LogP contribution in [0.3, 0.4) is 0 Å². The van der Waals surface area contributed by atoms with E-state index in [4.69, 9.17) is 4.42 Å². The Labute approximate surface area is 94.8 Å². The Morgan fingerprint density at radius 3 is 2.94 bits per heavy atom. The Morgan fingerprint density at radius 2 is 2.38 bits per heavy atom. The molecule has 0 spiro atoms. The minimum atomic E-state index is -0.0409. The summed E-state index contributed by atoms with van der Waals surface area (Å²) in [6.07, 6.45) is 1.32. The number of oxazole rings is 1. The Kier molecular flexibility index (Phi) is 2.71. The highest BCUT2D eigenvalue weighted by molar-refractivity contribution is 5.93. The zero-order valence-electron chi connectivity index (χ0n) is 9.91. The number of aryl methyl sites for hydroxylation is 1. The fraction of sp³-hybridized carbons (Fsp3) is 0.636. The third-order valence-electron chi connectivity index (χ3n) is 2.81. The van der Waals surface area contributed by atoms with Crippen LogP contribution < -0.4 is 5.32 Å². The molecular formula is C11H17N3O2. The minimum absolute atomic E-state index is 0.0362. The molecule has 0 unspecified atom stereocenters. The number of hydrogen-bond donors (Lipinski definition) is 1. The molecule has 88 valence electrons. The van der Waals surface area contributed by atoms with Crippen molar-refractivity contribution in [3.8, 4) is 0 Å². The second kappa shape index (κ2) is 3.90. The number of rotatable bonds is 1. The van der Waals surface area contributed by atoms with Crippen LogP contribution in [0.4, 0.5) is 0 Å². The lowest BCUT2D eigenvalue weighted by molar-refractivity contribution is 0.0645. The zero-order valence-corrected chi connectivity index (χ0v) is 9.91. The number of hydrogen-bond acceptors (Lipinski definition) is 4. The van der Waals surface area contributed by atoms with Crippen molar-refractivity contribution in [2.75, 3.05) is 19.6 Å². The second-order valence-corrected chi connectivity index (χ2v) is 4.79. The maximum Gasteiger partial charge on any atom is 0.276 e. The molecule has 1 aliphatic heterocycles. The van der Waals surface area contributed by atoms with E-state index in [2.05, 4.69) is 24.1 Å². The van der Waals surface area contributed by atoms with Crippen molar-refractivity contribution >= 4 is 5.91 Å². The van der Waals surface area contributed by atoms with Gasteiger partial charge in [-0.3, -0.25) is 4.79 Å². The molecule has 0 aromatic carbocycles. The van der Waals surface area contributed by atoms with Gasteiger partial charge in [-0.25, -0.2) is 4.98 Å². The van der Waals surface area contributed by atoms with Crippen LogP contribution >= 0.6 is 0 Å². The van der Waals surface area contributed by atoms with Crippen LogP contribution in [0.25, 0.3) is 0 Å². The molecule has 0 bridgehead atoms. The monoisotopic (exact) mass is 223 g/mol. The van der Waals surface area contributed by atoms with Crippen LogP contribution in [0, 0.1) is 6.92 Å². The molecule has 1 fully saturated rings. The molecule has 1 aliphatic rings. The van der Waals surface area contributed by atoms with E-state index in [9.17, 15) is 4.79 Å².